The molecule has 26 heavy (non-hydrogen) atoms. The molecule has 6 nitrogen and oxygen atoms in total. The highest BCUT2D eigenvalue weighted by molar-refractivity contribution is 5.90. The zero-order valence-corrected chi connectivity index (χ0v) is 15.5. The number of benzene rings is 1. The van der Waals surface area contributed by atoms with Gasteiger partial charge in [-0.3, -0.25) is 9.59 Å². The zero-order valence-electron chi connectivity index (χ0n) is 15.5. The van der Waals surface area contributed by atoms with Crippen LogP contribution in [0.4, 0.5) is 5.82 Å². The summed E-state index contributed by atoms with van der Waals surface area (Å²) in [7, 11) is 0. The molecule has 0 spiro atoms. The Morgan fingerprint density at radius 3 is 2.54 bits per heavy atom. The minimum absolute atomic E-state index is 0.144. The van der Waals surface area contributed by atoms with Crippen LogP contribution in [0.1, 0.15) is 56.3 Å². The molecule has 1 aromatic heterocycles. The first-order chi connectivity index (χ1) is 12.4. The maximum absolute atomic E-state index is 12.6. The lowest BCUT2D eigenvalue weighted by Gasteiger charge is -2.19. The molecule has 2 atom stereocenters. The maximum atomic E-state index is 12.6. The number of nitrogens with zero attached hydrogens (tertiary/aromatic N) is 2. The summed E-state index contributed by atoms with van der Waals surface area (Å²) in [4.78, 5) is 24.2. The summed E-state index contributed by atoms with van der Waals surface area (Å²) in [5, 5.41) is 10.2. The van der Waals surface area contributed by atoms with E-state index in [0.29, 0.717) is 11.7 Å². The summed E-state index contributed by atoms with van der Waals surface area (Å²) in [5.74, 6) is 1.05. The molecule has 2 unspecified atom stereocenters. The largest absolute Gasteiger partial charge is 0.349 e. The van der Waals surface area contributed by atoms with Gasteiger partial charge in [-0.1, -0.05) is 29.8 Å². The normalized spacial score (nSPS) is 16.0. The first-order valence-corrected chi connectivity index (χ1v) is 9.11. The van der Waals surface area contributed by atoms with E-state index in [1.165, 1.54) is 19.8 Å². The lowest BCUT2D eigenvalue weighted by molar-refractivity contribution is -0.120. The quantitative estimate of drug-likeness (QED) is 0.800. The molecule has 1 aromatic carbocycles. The van der Waals surface area contributed by atoms with Crippen LogP contribution in [0.3, 0.4) is 0 Å². The second kappa shape index (κ2) is 7.72. The fraction of sp³-hybridized carbons (Fsp3) is 0.450. The van der Waals surface area contributed by atoms with Gasteiger partial charge in [0.25, 0.3) is 0 Å². The SMILES string of the molecule is CC(=O)NC(CC(=O)Nc1ccnn1C(C)C1CC1)c1ccc(C)cc1. The van der Waals surface area contributed by atoms with Crippen LogP contribution in [0.25, 0.3) is 0 Å². The van der Waals surface area contributed by atoms with Crippen molar-refractivity contribution in [3.8, 4) is 0 Å². The number of aryl methyl sites for hydroxylation is 1. The summed E-state index contributed by atoms with van der Waals surface area (Å²) in [6.07, 6.45) is 4.31. The summed E-state index contributed by atoms with van der Waals surface area (Å²) in [6, 6.07) is 9.60. The molecule has 6 heteroatoms. The molecule has 138 valence electrons. The average Bonchev–Trinajstić information content (AvgIpc) is 3.34. The van der Waals surface area contributed by atoms with Crippen molar-refractivity contribution in [2.45, 2.75) is 52.1 Å². The monoisotopic (exact) mass is 354 g/mol. The number of anilines is 1. The van der Waals surface area contributed by atoms with Crippen LogP contribution in [0, 0.1) is 12.8 Å². The molecule has 1 aliphatic carbocycles. The second-order valence-corrected chi connectivity index (χ2v) is 7.16. The van der Waals surface area contributed by atoms with E-state index in [9.17, 15) is 9.59 Å². The molecule has 2 N–H and O–H groups in total. The van der Waals surface area contributed by atoms with Crippen LogP contribution < -0.4 is 10.6 Å². The second-order valence-electron chi connectivity index (χ2n) is 7.16. The minimum Gasteiger partial charge on any atom is -0.349 e. The van der Waals surface area contributed by atoms with Crippen molar-refractivity contribution in [3.05, 3.63) is 47.7 Å². The summed E-state index contributed by atoms with van der Waals surface area (Å²) < 4.78 is 1.88. The van der Waals surface area contributed by atoms with Gasteiger partial charge >= 0.3 is 0 Å². The Kier molecular flexibility index (Phi) is 5.40. The number of aromatic nitrogens is 2. The van der Waals surface area contributed by atoms with E-state index >= 15 is 0 Å². The van der Waals surface area contributed by atoms with Crippen molar-refractivity contribution < 1.29 is 9.59 Å². The van der Waals surface area contributed by atoms with Gasteiger partial charge in [-0.15, -0.1) is 0 Å². The van der Waals surface area contributed by atoms with E-state index in [0.717, 1.165) is 11.1 Å². The van der Waals surface area contributed by atoms with Crippen LogP contribution >= 0.6 is 0 Å². The molecular weight excluding hydrogens is 328 g/mol. The summed E-state index contributed by atoms with van der Waals surface area (Å²) in [6.45, 7) is 5.60. The third-order valence-corrected chi connectivity index (χ3v) is 4.87. The van der Waals surface area contributed by atoms with E-state index in [-0.39, 0.29) is 30.3 Å². The third-order valence-electron chi connectivity index (χ3n) is 4.87. The zero-order chi connectivity index (χ0) is 18.7. The van der Waals surface area contributed by atoms with E-state index in [4.69, 9.17) is 0 Å². The fourth-order valence-corrected chi connectivity index (χ4v) is 3.19. The number of rotatable bonds is 7. The molecule has 0 saturated heterocycles. The molecule has 3 rings (SSSR count). The topological polar surface area (TPSA) is 76.0 Å². The Bertz CT molecular complexity index is 777. The van der Waals surface area contributed by atoms with Crippen molar-refractivity contribution in [1.29, 1.82) is 0 Å². The number of hydrogen-bond donors (Lipinski definition) is 2. The summed E-state index contributed by atoms with van der Waals surface area (Å²) in [5.41, 5.74) is 2.05. The van der Waals surface area contributed by atoms with Crippen molar-refractivity contribution in [1.82, 2.24) is 15.1 Å². The number of carbonyl (C=O) groups excluding carboxylic acids is 2. The van der Waals surface area contributed by atoms with Gasteiger partial charge in [0.1, 0.15) is 5.82 Å². The van der Waals surface area contributed by atoms with E-state index < -0.39 is 0 Å². The molecule has 0 radical (unpaired) electrons. The molecule has 1 fully saturated rings. The standard InChI is InChI=1S/C20H26N4O2/c1-13-4-6-17(7-5-13)18(22-15(3)25)12-20(26)23-19-10-11-21-24(19)14(2)16-8-9-16/h4-7,10-11,14,16,18H,8-9,12H2,1-3H3,(H,22,25)(H,23,26). The predicted molar refractivity (Wildman–Crippen MR) is 101 cm³/mol. The highest BCUT2D eigenvalue weighted by Crippen LogP contribution is 2.40. The van der Waals surface area contributed by atoms with Crippen molar-refractivity contribution in [3.63, 3.8) is 0 Å². The number of carbonyl (C=O) groups is 2. The highest BCUT2D eigenvalue weighted by atomic mass is 16.2. The fourth-order valence-electron chi connectivity index (χ4n) is 3.19. The van der Waals surface area contributed by atoms with Gasteiger partial charge in [-0.05, 0) is 38.2 Å². The van der Waals surface area contributed by atoms with Gasteiger partial charge in [0.15, 0.2) is 0 Å². The van der Waals surface area contributed by atoms with Crippen LogP contribution in [0.2, 0.25) is 0 Å². The van der Waals surface area contributed by atoms with Gasteiger partial charge in [-0.25, -0.2) is 4.68 Å². The smallest absolute Gasteiger partial charge is 0.227 e. The van der Waals surface area contributed by atoms with Crippen molar-refractivity contribution >= 4 is 17.6 Å². The lowest BCUT2D eigenvalue weighted by Crippen LogP contribution is -2.30. The molecule has 1 saturated carbocycles. The first-order valence-electron chi connectivity index (χ1n) is 9.11. The molecule has 1 heterocycles. The van der Waals surface area contributed by atoms with Gasteiger partial charge in [0.2, 0.25) is 11.8 Å². The van der Waals surface area contributed by atoms with Crippen LogP contribution in [0.5, 0.6) is 0 Å². The van der Waals surface area contributed by atoms with Crippen LogP contribution in [-0.4, -0.2) is 21.6 Å². The molecular formula is C20H26N4O2. The number of amides is 2. The molecule has 2 amide bonds. The predicted octanol–water partition coefficient (Wildman–Crippen LogP) is 3.37. The average molecular weight is 354 g/mol. The van der Waals surface area contributed by atoms with Crippen molar-refractivity contribution in [2.24, 2.45) is 5.92 Å². The van der Waals surface area contributed by atoms with Gasteiger partial charge < -0.3 is 10.6 Å². The Morgan fingerprint density at radius 1 is 1.23 bits per heavy atom. The van der Waals surface area contributed by atoms with Crippen LogP contribution in [0.15, 0.2) is 36.5 Å². The molecule has 0 bridgehead atoms. The van der Waals surface area contributed by atoms with Gasteiger partial charge in [0.05, 0.1) is 24.7 Å². The van der Waals surface area contributed by atoms with Gasteiger partial charge in [0, 0.05) is 13.0 Å². The minimum atomic E-state index is -0.356. The Morgan fingerprint density at radius 2 is 1.92 bits per heavy atom. The third kappa shape index (κ3) is 4.50. The van der Waals surface area contributed by atoms with E-state index in [2.05, 4.69) is 22.7 Å². The van der Waals surface area contributed by atoms with Crippen LogP contribution in [-0.2, 0) is 9.59 Å². The Labute approximate surface area is 154 Å². The number of nitrogens with one attached hydrogen (secondary N) is 2. The maximum Gasteiger partial charge on any atom is 0.227 e. The molecule has 1 aliphatic rings. The molecule has 0 aliphatic heterocycles. The number of hydrogen-bond acceptors (Lipinski definition) is 3. The summed E-state index contributed by atoms with van der Waals surface area (Å²) >= 11 is 0. The first kappa shape index (κ1) is 18.2. The molecule has 2 aromatic rings. The van der Waals surface area contributed by atoms with E-state index in [1.54, 1.807) is 6.20 Å². The highest BCUT2D eigenvalue weighted by Gasteiger charge is 2.31. The van der Waals surface area contributed by atoms with Crippen molar-refractivity contribution in [2.75, 3.05) is 5.32 Å². The van der Waals surface area contributed by atoms with Gasteiger partial charge in [-0.2, -0.15) is 5.10 Å². The van der Waals surface area contributed by atoms with E-state index in [1.807, 2.05) is 41.9 Å². The lowest BCUT2D eigenvalue weighted by atomic mass is 10.0. The Balaban J connectivity index is 1.69. The Hall–Kier alpha value is -2.63.